The van der Waals surface area contributed by atoms with Crippen LogP contribution in [0.3, 0.4) is 0 Å². The van der Waals surface area contributed by atoms with Crippen molar-refractivity contribution in [3.8, 4) is 0 Å². The smallest absolute Gasteiger partial charge is 0.320 e. The number of urea groups is 1. The van der Waals surface area contributed by atoms with E-state index in [9.17, 15) is 4.79 Å². The lowest BCUT2D eigenvalue weighted by molar-refractivity contribution is -0.0146. The number of hydrogen-bond acceptors (Lipinski definition) is 3. The van der Waals surface area contributed by atoms with Crippen LogP contribution >= 0.6 is 0 Å². The van der Waals surface area contributed by atoms with Crippen molar-refractivity contribution < 1.29 is 9.53 Å². The molecule has 1 unspecified atom stereocenters. The van der Waals surface area contributed by atoms with Crippen LogP contribution in [0.25, 0.3) is 0 Å². The summed E-state index contributed by atoms with van der Waals surface area (Å²) in [5.74, 6) is 0. The van der Waals surface area contributed by atoms with Gasteiger partial charge >= 0.3 is 6.03 Å². The molecule has 2 amide bonds. The quantitative estimate of drug-likeness (QED) is 0.698. The molecule has 0 saturated carbocycles. The minimum Gasteiger partial charge on any atom is -0.373 e. The average Bonchev–Trinajstić information content (AvgIpc) is 2.39. The van der Waals surface area contributed by atoms with E-state index in [-0.39, 0.29) is 12.1 Å². The third-order valence-electron chi connectivity index (χ3n) is 3.30. The van der Waals surface area contributed by atoms with Crippen molar-refractivity contribution in [1.29, 1.82) is 0 Å². The van der Waals surface area contributed by atoms with Crippen LogP contribution in [0.4, 0.5) is 4.79 Å². The molecule has 2 rings (SSSR count). The van der Waals surface area contributed by atoms with E-state index in [0.717, 1.165) is 25.9 Å². The van der Waals surface area contributed by atoms with Gasteiger partial charge in [-0.15, -0.1) is 0 Å². The summed E-state index contributed by atoms with van der Waals surface area (Å²) in [6.07, 6.45) is 3.54. The number of morpholine rings is 1. The molecule has 16 heavy (non-hydrogen) atoms. The summed E-state index contributed by atoms with van der Waals surface area (Å²) in [6.45, 7) is 4.26. The summed E-state index contributed by atoms with van der Waals surface area (Å²) >= 11 is 0. The van der Waals surface area contributed by atoms with E-state index in [1.807, 2.05) is 9.80 Å². The molecule has 0 radical (unpaired) electrons. The maximum absolute atomic E-state index is 12.2. The van der Waals surface area contributed by atoms with Gasteiger partial charge in [-0.05, 0) is 19.3 Å². The zero-order chi connectivity index (χ0) is 11.4. The number of hydrogen-bond donors (Lipinski definition) is 1. The highest BCUT2D eigenvalue weighted by Gasteiger charge is 2.27. The molecule has 0 aromatic carbocycles. The molecule has 2 heterocycles. The topological polar surface area (TPSA) is 58.8 Å². The van der Waals surface area contributed by atoms with Crippen LogP contribution in [0, 0.1) is 0 Å². The third kappa shape index (κ3) is 2.65. The van der Waals surface area contributed by atoms with Crippen molar-refractivity contribution in [1.82, 2.24) is 9.80 Å². The molecule has 5 heteroatoms. The highest BCUT2D eigenvalue weighted by molar-refractivity contribution is 5.74. The predicted octanol–water partition coefficient (Wildman–Crippen LogP) is 0.252. The normalized spacial score (nSPS) is 26.9. The molecule has 0 bridgehead atoms. The molecule has 2 aliphatic rings. The van der Waals surface area contributed by atoms with Gasteiger partial charge in [-0.1, -0.05) is 0 Å². The summed E-state index contributed by atoms with van der Waals surface area (Å²) in [7, 11) is 0. The van der Waals surface area contributed by atoms with Crippen molar-refractivity contribution in [2.75, 3.05) is 39.3 Å². The van der Waals surface area contributed by atoms with Gasteiger partial charge in [0.05, 0.1) is 12.7 Å². The van der Waals surface area contributed by atoms with E-state index in [1.165, 1.54) is 6.42 Å². The summed E-state index contributed by atoms with van der Waals surface area (Å²) in [5, 5.41) is 0. The van der Waals surface area contributed by atoms with Gasteiger partial charge in [0, 0.05) is 32.7 Å². The lowest BCUT2D eigenvalue weighted by Crippen LogP contribution is -2.53. The zero-order valence-corrected chi connectivity index (χ0v) is 9.73. The lowest BCUT2D eigenvalue weighted by atomic mass is 10.1. The Hall–Kier alpha value is -0.810. The first kappa shape index (κ1) is 11.7. The van der Waals surface area contributed by atoms with Crippen molar-refractivity contribution in [3.63, 3.8) is 0 Å². The van der Waals surface area contributed by atoms with E-state index >= 15 is 0 Å². The molecule has 2 saturated heterocycles. The predicted molar refractivity (Wildman–Crippen MR) is 61.2 cm³/mol. The molecular weight excluding hydrogens is 206 g/mol. The van der Waals surface area contributed by atoms with Crippen LogP contribution in [0.15, 0.2) is 0 Å². The summed E-state index contributed by atoms with van der Waals surface area (Å²) in [4.78, 5) is 16.0. The fourth-order valence-corrected chi connectivity index (χ4v) is 2.32. The number of carbonyl (C=O) groups excluding carboxylic acids is 1. The Morgan fingerprint density at radius 1 is 1.19 bits per heavy atom. The zero-order valence-electron chi connectivity index (χ0n) is 9.73. The Kier molecular flexibility index (Phi) is 4.01. The van der Waals surface area contributed by atoms with E-state index in [2.05, 4.69) is 0 Å². The number of likely N-dealkylation sites (tertiary alicyclic amines) is 1. The Morgan fingerprint density at radius 3 is 2.62 bits per heavy atom. The lowest BCUT2D eigenvalue weighted by Gasteiger charge is -2.37. The Morgan fingerprint density at radius 2 is 1.94 bits per heavy atom. The van der Waals surface area contributed by atoms with Crippen LogP contribution < -0.4 is 5.73 Å². The van der Waals surface area contributed by atoms with Gasteiger partial charge in [-0.3, -0.25) is 0 Å². The maximum atomic E-state index is 12.2. The molecule has 0 aromatic heterocycles. The van der Waals surface area contributed by atoms with Crippen LogP contribution in [-0.4, -0.2) is 61.3 Å². The summed E-state index contributed by atoms with van der Waals surface area (Å²) in [5.41, 5.74) is 5.57. The van der Waals surface area contributed by atoms with Gasteiger partial charge in [-0.2, -0.15) is 0 Å². The Bertz CT molecular complexity index is 241. The highest BCUT2D eigenvalue weighted by Crippen LogP contribution is 2.13. The molecule has 1 atom stereocenters. The number of nitrogens with two attached hydrogens (primary N) is 1. The van der Waals surface area contributed by atoms with Crippen LogP contribution in [-0.2, 0) is 4.74 Å². The Labute approximate surface area is 96.5 Å². The van der Waals surface area contributed by atoms with Crippen molar-refractivity contribution in [2.45, 2.75) is 25.4 Å². The van der Waals surface area contributed by atoms with Crippen molar-refractivity contribution in [3.05, 3.63) is 0 Å². The van der Waals surface area contributed by atoms with E-state index in [1.54, 1.807) is 0 Å². The minimum absolute atomic E-state index is 0.0162. The summed E-state index contributed by atoms with van der Waals surface area (Å²) in [6, 6.07) is 0.168. The molecule has 5 nitrogen and oxygen atoms in total. The number of ether oxygens (including phenoxy) is 1. The van der Waals surface area contributed by atoms with Gasteiger partial charge in [0.1, 0.15) is 0 Å². The van der Waals surface area contributed by atoms with E-state index in [0.29, 0.717) is 26.2 Å². The number of nitrogens with zero attached hydrogens (tertiary/aromatic N) is 2. The van der Waals surface area contributed by atoms with E-state index < -0.39 is 0 Å². The minimum atomic E-state index is 0.0162. The molecule has 0 aliphatic carbocycles. The van der Waals surface area contributed by atoms with Crippen LogP contribution in [0.5, 0.6) is 0 Å². The monoisotopic (exact) mass is 227 g/mol. The van der Waals surface area contributed by atoms with Crippen LogP contribution in [0.2, 0.25) is 0 Å². The largest absolute Gasteiger partial charge is 0.373 e. The molecule has 92 valence electrons. The fraction of sp³-hybridized carbons (Fsp3) is 0.909. The molecule has 2 fully saturated rings. The third-order valence-corrected chi connectivity index (χ3v) is 3.30. The fourth-order valence-electron chi connectivity index (χ4n) is 2.32. The average molecular weight is 227 g/mol. The SMILES string of the molecule is NCC1CN(C(=O)N2CCCCC2)CCO1. The molecular formula is C11H21N3O2. The molecule has 2 N–H and O–H groups in total. The van der Waals surface area contributed by atoms with Gasteiger partial charge in [-0.25, -0.2) is 4.79 Å². The number of rotatable bonds is 1. The van der Waals surface area contributed by atoms with Gasteiger partial charge in [0.15, 0.2) is 0 Å². The second kappa shape index (κ2) is 5.50. The van der Waals surface area contributed by atoms with Gasteiger partial charge in [0.2, 0.25) is 0 Å². The van der Waals surface area contributed by atoms with Crippen molar-refractivity contribution >= 4 is 6.03 Å². The molecule has 0 aromatic rings. The first-order valence-electron chi connectivity index (χ1n) is 6.17. The standard InChI is InChI=1S/C11H21N3O2/c12-8-10-9-14(6-7-16-10)11(15)13-4-2-1-3-5-13/h10H,1-9,12H2. The first-order chi connectivity index (χ1) is 7.81. The maximum Gasteiger partial charge on any atom is 0.320 e. The number of carbonyl (C=O) groups is 1. The first-order valence-corrected chi connectivity index (χ1v) is 6.17. The molecule has 0 spiro atoms. The second-order valence-corrected chi connectivity index (χ2v) is 4.50. The highest BCUT2D eigenvalue weighted by atomic mass is 16.5. The van der Waals surface area contributed by atoms with Crippen molar-refractivity contribution in [2.24, 2.45) is 5.73 Å². The molecule has 2 aliphatic heterocycles. The summed E-state index contributed by atoms with van der Waals surface area (Å²) < 4.78 is 5.46. The number of piperidine rings is 1. The van der Waals surface area contributed by atoms with E-state index in [4.69, 9.17) is 10.5 Å². The van der Waals surface area contributed by atoms with Gasteiger partial charge in [0.25, 0.3) is 0 Å². The van der Waals surface area contributed by atoms with Crippen LogP contribution in [0.1, 0.15) is 19.3 Å². The number of amides is 2. The second-order valence-electron chi connectivity index (χ2n) is 4.50. The Balaban J connectivity index is 1.87. The van der Waals surface area contributed by atoms with Gasteiger partial charge < -0.3 is 20.3 Å².